The lowest BCUT2D eigenvalue weighted by Gasteiger charge is -2.51. The quantitative estimate of drug-likeness (QED) is 0.734. The van der Waals surface area contributed by atoms with Crippen LogP contribution in [0.5, 0.6) is 0 Å². The van der Waals surface area contributed by atoms with Crippen LogP contribution < -0.4 is 5.32 Å². The molecule has 0 saturated heterocycles. The summed E-state index contributed by atoms with van der Waals surface area (Å²) in [5.74, 6) is 0.333. The molecule has 1 fully saturated rings. The van der Waals surface area contributed by atoms with E-state index in [1.807, 2.05) is 48.5 Å². The minimum Gasteiger partial charge on any atom is -0.324 e. The van der Waals surface area contributed by atoms with Crippen molar-refractivity contribution in [2.75, 3.05) is 5.32 Å². The lowest BCUT2D eigenvalue weighted by molar-refractivity contribution is -0.128. The maximum atomic E-state index is 13.0. The number of anilines is 1. The number of pyridine rings is 1. The summed E-state index contributed by atoms with van der Waals surface area (Å²) in [5, 5.41) is 4.16. The van der Waals surface area contributed by atoms with Gasteiger partial charge in [0.2, 0.25) is 5.91 Å². The number of rotatable bonds is 3. The Labute approximate surface area is 148 Å². The van der Waals surface area contributed by atoms with Gasteiger partial charge in [-0.1, -0.05) is 62.4 Å². The Kier molecular flexibility index (Phi) is 3.79. The molecule has 1 aromatic heterocycles. The molecule has 126 valence electrons. The number of carbonyl (C=O) groups excluding carboxylic acids is 1. The summed E-state index contributed by atoms with van der Waals surface area (Å²) < 4.78 is 0. The van der Waals surface area contributed by atoms with E-state index in [2.05, 4.69) is 36.3 Å². The lowest BCUT2D eigenvalue weighted by atomic mass is 9.53. The summed E-state index contributed by atoms with van der Waals surface area (Å²) in [4.78, 5) is 17.4. The number of amides is 1. The van der Waals surface area contributed by atoms with Crippen LogP contribution in [0.15, 0.2) is 66.9 Å². The van der Waals surface area contributed by atoms with Gasteiger partial charge in [0.15, 0.2) is 0 Å². The summed E-state index contributed by atoms with van der Waals surface area (Å²) in [6.45, 7) is 4.49. The number of para-hydroxylation sites is 1. The zero-order valence-electron chi connectivity index (χ0n) is 14.6. The van der Waals surface area contributed by atoms with Crippen LogP contribution in [0.1, 0.15) is 31.7 Å². The van der Waals surface area contributed by atoms with Gasteiger partial charge in [-0.2, -0.15) is 0 Å². The Morgan fingerprint density at radius 3 is 2.56 bits per heavy atom. The van der Waals surface area contributed by atoms with E-state index in [9.17, 15) is 4.79 Å². The predicted octanol–water partition coefficient (Wildman–Crippen LogP) is 5.00. The van der Waals surface area contributed by atoms with Crippen LogP contribution in [0.25, 0.3) is 10.9 Å². The number of aromatic nitrogens is 1. The summed E-state index contributed by atoms with van der Waals surface area (Å²) in [6.07, 6.45) is 2.66. The summed E-state index contributed by atoms with van der Waals surface area (Å²) in [6, 6.07) is 20.2. The van der Waals surface area contributed by atoms with Crippen molar-refractivity contribution < 1.29 is 4.79 Å². The van der Waals surface area contributed by atoms with Gasteiger partial charge in [0.25, 0.3) is 0 Å². The van der Waals surface area contributed by atoms with Gasteiger partial charge < -0.3 is 5.32 Å². The van der Waals surface area contributed by atoms with E-state index in [4.69, 9.17) is 0 Å². The molecule has 1 aliphatic rings. The molecule has 2 aromatic carbocycles. The highest BCUT2D eigenvalue weighted by molar-refractivity contribution is 6.01. The third-order valence-electron chi connectivity index (χ3n) is 5.38. The van der Waals surface area contributed by atoms with E-state index in [0.717, 1.165) is 23.0 Å². The Bertz CT molecular complexity index is 912. The molecule has 1 N–H and O–H groups in total. The van der Waals surface area contributed by atoms with Gasteiger partial charge in [0, 0.05) is 23.4 Å². The summed E-state index contributed by atoms with van der Waals surface area (Å²) in [5.41, 5.74) is 3.02. The molecule has 1 amide bonds. The zero-order valence-corrected chi connectivity index (χ0v) is 14.6. The first kappa shape index (κ1) is 15.8. The van der Waals surface area contributed by atoms with E-state index in [-0.39, 0.29) is 23.2 Å². The Hall–Kier alpha value is -2.68. The SMILES string of the molecule is CC1(C)C[C@H](C(=O)Nc2cccc3cccnc23)[C@@H]1c1ccccc1. The highest BCUT2D eigenvalue weighted by atomic mass is 16.2. The molecule has 3 heteroatoms. The lowest BCUT2D eigenvalue weighted by Crippen LogP contribution is -2.47. The molecule has 1 saturated carbocycles. The van der Waals surface area contributed by atoms with Crippen molar-refractivity contribution in [1.82, 2.24) is 4.98 Å². The van der Waals surface area contributed by atoms with Crippen molar-refractivity contribution in [2.24, 2.45) is 11.3 Å². The van der Waals surface area contributed by atoms with Crippen LogP contribution in [0, 0.1) is 11.3 Å². The van der Waals surface area contributed by atoms with Crippen LogP contribution >= 0.6 is 0 Å². The van der Waals surface area contributed by atoms with Gasteiger partial charge in [-0.05, 0) is 29.5 Å². The van der Waals surface area contributed by atoms with Crippen molar-refractivity contribution in [2.45, 2.75) is 26.2 Å². The number of fused-ring (bicyclic) bond motifs is 1. The highest BCUT2D eigenvalue weighted by Gasteiger charge is 2.51. The summed E-state index contributed by atoms with van der Waals surface area (Å²) in [7, 11) is 0. The first-order valence-corrected chi connectivity index (χ1v) is 8.76. The van der Waals surface area contributed by atoms with Gasteiger partial charge in [0.1, 0.15) is 0 Å². The second-order valence-corrected chi connectivity index (χ2v) is 7.56. The number of carbonyl (C=O) groups is 1. The molecule has 0 radical (unpaired) electrons. The van der Waals surface area contributed by atoms with Crippen LogP contribution in [0.3, 0.4) is 0 Å². The first-order valence-electron chi connectivity index (χ1n) is 8.76. The fraction of sp³-hybridized carbons (Fsp3) is 0.273. The molecule has 0 unspecified atom stereocenters. The molecule has 4 rings (SSSR count). The molecule has 0 spiro atoms. The van der Waals surface area contributed by atoms with E-state index in [1.165, 1.54) is 5.56 Å². The van der Waals surface area contributed by atoms with Gasteiger partial charge in [-0.25, -0.2) is 0 Å². The molecule has 3 nitrogen and oxygen atoms in total. The third-order valence-corrected chi connectivity index (χ3v) is 5.38. The minimum absolute atomic E-state index is 0.00336. The van der Waals surface area contributed by atoms with E-state index in [1.54, 1.807) is 6.20 Å². The van der Waals surface area contributed by atoms with Crippen molar-refractivity contribution in [1.29, 1.82) is 0 Å². The molecule has 25 heavy (non-hydrogen) atoms. The standard InChI is InChI=1S/C22H22N2O/c1-22(2)14-17(19(22)15-8-4-3-5-9-15)21(25)24-18-12-6-10-16-11-7-13-23-20(16)18/h3-13,17,19H,14H2,1-2H3,(H,24,25)/t17-,19-/m0/s1. The monoisotopic (exact) mass is 330 g/mol. The number of benzene rings is 2. The fourth-order valence-electron chi connectivity index (χ4n) is 4.21. The maximum absolute atomic E-state index is 13.0. The minimum atomic E-state index is -0.00336. The average Bonchev–Trinajstić information content (AvgIpc) is 2.61. The fourth-order valence-corrected chi connectivity index (χ4v) is 4.21. The summed E-state index contributed by atoms with van der Waals surface area (Å²) >= 11 is 0. The number of nitrogens with zero attached hydrogens (tertiary/aromatic N) is 1. The molecule has 1 aliphatic carbocycles. The van der Waals surface area contributed by atoms with Gasteiger partial charge in [-0.3, -0.25) is 9.78 Å². The van der Waals surface area contributed by atoms with Crippen molar-refractivity contribution in [3.8, 4) is 0 Å². The Morgan fingerprint density at radius 1 is 1.04 bits per heavy atom. The van der Waals surface area contributed by atoms with E-state index in [0.29, 0.717) is 0 Å². The molecular weight excluding hydrogens is 308 g/mol. The number of hydrogen-bond acceptors (Lipinski definition) is 2. The second-order valence-electron chi connectivity index (χ2n) is 7.56. The van der Waals surface area contributed by atoms with Crippen molar-refractivity contribution in [3.05, 3.63) is 72.4 Å². The van der Waals surface area contributed by atoms with Crippen molar-refractivity contribution in [3.63, 3.8) is 0 Å². The topological polar surface area (TPSA) is 42.0 Å². The van der Waals surface area contributed by atoms with Gasteiger partial charge in [0.05, 0.1) is 11.2 Å². The molecule has 0 bridgehead atoms. The highest BCUT2D eigenvalue weighted by Crippen LogP contribution is 2.56. The number of hydrogen-bond donors (Lipinski definition) is 1. The number of nitrogens with one attached hydrogen (secondary N) is 1. The largest absolute Gasteiger partial charge is 0.324 e. The second kappa shape index (κ2) is 5.99. The van der Waals surface area contributed by atoms with Crippen LogP contribution in [0.2, 0.25) is 0 Å². The third kappa shape index (κ3) is 2.80. The van der Waals surface area contributed by atoms with Crippen LogP contribution in [0.4, 0.5) is 5.69 Å². The maximum Gasteiger partial charge on any atom is 0.228 e. The molecule has 2 atom stereocenters. The average molecular weight is 330 g/mol. The van der Waals surface area contributed by atoms with Crippen LogP contribution in [-0.2, 0) is 4.79 Å². The smallest absolute Gasteiger partial charge is 0.228 e. The van der Waals surface area contributed by atoms with Gasteiger partial charge in [-0.15, -0.1) is 0 Å². The molecule has 1 heterocycles. The molecule has 0 aliphatic heterocycles. The first-order chi connectivity index (χ1) is 12.1. The molecule has 3 aromatic rings. The Morgan fingerprint density at radius 2 is 1.80 bits per heavy atom. The zero-order chi connectivity index (χ0) is 17.4. The molecular formula is C22H22N2O. The predicted molar refractivity (Wildman–Crippen MR) is 101 cm³/mol. The Balaban J connectivity index is 1.61. The van der Waals surface area contributed by atoms with E-state index >= 15 is 0 Å². The van der Waals surface area contributed by atoms with E-state index < -0.39 is 0 Å². The normalized spacial score (nSPS) is 21.5. The van der Waals surface area contributed by atoms with Gasteiger partial charge >= 0.3 is 0 Å². The van der Waals surface area contributed by atoms with Crippen molar-refractivity contribution >= 4 is 22.5 Å². The van der Waals surface area contributed by atoms with Crippen LogP contribution in [-0.4, -0.2) is 10.9 Å².